The molecule has 3 aromatic rings. The molecule has 0 spiro atoms. The summed E-state index contributed by atoms with van der Waals surface area (Å²) in [6.07, 6.45) is 0.181. The van der Waals surface area contributed by atoms with Gasteiger partial charge in [-0.05, 0) is 29.8 Å². The van der Waals surface area contributed by atoms with Crippen molar-refractivity contribution in [2.45, 2.75) is 19.5 Å². The number of para-hydroxylation sites is 2. The van der Waals surface area contributed by atoms with E-state index in [-0.39, 0.29) is 18.9 Å². The zero-order chi connectivity index (χ0) is 19.4. The van der Waals surface area contributed by atoms with E-state index in [1.807, 2.05) is 6.07 Å². The number of nitrogens with zero attached hydrogens (tertiary/aromatic N) is 2. The highest BCUT2D eigenvalue weighted by Crippen LogP contribution is 2.13. The SMILES string of the molecule is COC(=O)c1ccc(CN(C)C(=O)CCn2c(=O)oc3ccccc32)cc1. The molecule has 0 saturated carbocycles. The first kappa shape index (κ1) is 18.4. The van der Waals surface area contributed by atoms with Gasteiger partial charge < -0.3 is 14.1 Å². The summed E-state index contributed by atoms with van der Waals surface area (Å²) in [4.78, 5) is 37.4. The highest BCUT2D eigenvalue weighted by molar-refractivity contribution is 5.89. The fraction of sp³-hybridized carbons (Fsp3) is 0.250. The topological polar surface area (TPSA) is 81.8 Å². The molecule has 0 saturated heterocycles. The summed E-state index contributed by atoms with van der Waals surface area (Å²) in [7, 11) is 3.03. The maximum absolute atomic E-state index is 12.4. The Labute approximate surface area is 155 Å². The molecule has 0 atom stereocenters. The van der Waals surface area contributed by atoms with Crippen LogP contribution in [0.15, 0.2) is 57.7 Å². The summed E-state index contributed by atoms with van der Waals surface area (Å²) < 4.78 is 11.3. The van der Waals surface area contributed by atoms with Crippen LogP contribution in [-0.2, 0) is 22.6 Å². The van der Waals surface area contributed by atoms with Gasteiger partial charge in [-0.15, -0.1) is 0 Å². The molecule has 0 fully saturated rings. The van der Waals surface area contributed by atoms with Crippen molar-refractivity contribution in [3.63, 3.8) is 0 Å². The Kier molecular flexibility index (Phi) is 5.40. The van der Waals surface area contributed by atoms with Crippen LogP contribution in [0.1, 0.15) is 22.3 Å². The largest absolute Gasteiger partial charge is 0.465 e. The molecule has 0 unspecified atom stereocenters. The molecule has 0 aliphatic heterocycles. The van der Waals surface area contributed by atoms with Gasteiger partial charge >= 0.3 is 11.7 Å². The van der Waals surface area contributed by atoms with E-state index in [0.29, 0.717) is 23.2 Å². The van der Waals surface area contributed by atoms with Crippen molar-refractivity contribution >= 4 is 23.0 Å². The molecular weight excluding hydrogens is 348 g/mol. The number of amides is 1. The summed E-state index contributed by atoms with van der Waals surface area (Å²) in [5.41, 5.74) is 2.54. The number of hydrogen-bond acceptors (Lipinski definition) is 5. The minimum Gasteiger partial charge on any atom is -0.465 e. The van der Waals surface area contributed by atoms with Gasteiger partial charge in [0.2, 0.25) is 5.91 Å². The van der Waals surface area contributed by atoms with Crippen LogP contribution in [0.25, 0.3) is 11.1 Å². The van der Waals surface area contributed by atoms with Crippen molar-refractivity contribution in [1.82, 2.24) is 9.47 Å². The predicted octanol–water partition coefficient (Wildman–Crippen LogP) is 2.43. The molecule has 1 amide bonds. The van der Waals surface area contributed by atoms with E-state index in [1.165, 1.54) is 11.7 Å². The summed E-state index contributed by atoms with van der Waals surface area (Å²) in [6.45, 7) is 0.654. The van der Waals surface area contributed by atoms with Crippen LogP contribution in [-0.4, -0.2) is 35.5 Å². The summed E-state index contributed by atoms with van der Waals surface area (Å²) in [5.74, 6) is -0.960. The Hall–Kier alpha value is -3.35. The van der Waals surface area contributed by atoms with E-state index >= 15 is 0 Å². The Balaban J connectivity index is 1.61. The lowest BCUT2D eigenvalue weighted by atomic mass is 10.1. The second-order valence-corrected chi connectivity index (χ2v) is 6.18. The number of ether oxygens (including phenoxy) is 1. The molecule has 1 heterocycles. The monoisotopic (exact) mass is 368 g/mol. The summed E-state index contributed by atoms with van der Waals surface area (Å²) in [5, 5.41) is 0. The minimum atomic E-state index is -0.468. The molecule has 0 bridgehead atoms. The lowest BCUT2D eigenvalue weighted by molar-refractivity contribution is -0.130. The smallest absolute Gasteiger partial charge is 0.419 e. The average Bonchev–Trinajstić information content (AvgIpc) is 3.01. The van der Waals surface area contributed by atoms with E-state index in [9.17, 15) is 14.4 Å². The van der Waals surface area contributed by atoms with Gasteiger partial charge in [0.25, 0.3) is 0 Å². The molecular formula is C20H20N2O5. The molecule has 27 heavy (non-hydrogen) atoms. The molecule has 0 N–H and O–H groups in total. The second-order valence-electron chi connectivity index (χ2n) is 6.18. The number of carbonyl (C=O) groups is 2. The zero-order valence-electron chi connectivity index (χ0n) is 15.2. The highest BCUT2D eigenvalue weighted by Gasteiger charge is 2.14. The van der Waals surface area contributed by atoms with Crippen LogP contribution in [0.5, 0.6) is 0 Å². The third kappa shape index (κ3) is 4.08. The Bertz CT molecular complexity index is 1020. The van der Waals surface area contributed by atoms with Crippen LogP contribution in [0.4, 0.5) is 0 Å². The molecule has 3 rings (SSSR count). The number of aryl methyl sites for hydroxylation is 1. The van der Waals surface area contributed by atoms with Crippen LogP contribution < -0.4 is 5.76 Å². The lowest BCUT2D eigenvalue weighted by Crippen LogP contribution is -2.28. The zero-order valence-corrected chi connectivity index (χ0v) is 15.2. The summed E-state index contributed by atoms with van der Waals surface area (Å²) in [6, 6.07) is 14.0. The summed E-state index contributed by atoms with van der Waals surface area (Å²) >= 11 is 0. The van der Waals surface area contributed by atoms with Crippen molar-refractivity contribution in [3.8, 4) is 0 Å². The first-order valence-corrected chi connectivity index (χ1v) is 8.49. The van der Waals surface area contributed by atoms with E-state index in [2.05, 4.69) is 4.74 Å². The van der Waals surface area contributed by atoms with Crippen molar-refractivity contribution in [2.75, 3.05) is 14.2 Å². The third-order valence-electron chi connectivity index (χ3n) is 4.34. The van der Waals surface area contributed by atoms with E-state index in [1.54, 1.807) is 54.4 Å². The molecule has 2 aromatic carbocycles. The Morgan fingerprint density at radius 3 is 2.52 bits per heavy atom. The second kappa shape index (κ2) is 7.90. The van der Waals surface area contributed by atoms with Gasteiger partial charge in [-0.1, -0.05) is 24.3 Å². The lowest BCUT2D eigenvalue weighted by Gasteiger charge is -2.17. The number of carbonyl (C=O) groups excluding carboxylic acids is 2. The molecule has 0 radical (unpaired) electrons. The number of aromatic nitrogens is 1. The average molecular weight is 368 g/mol. The van der Waals surface area contributed by atoms with E-state index in [0.717, 1.165) is 5.56 Å². The molecule has 7 heteroatoms. The van der Waals surface area contributed by atoms with Crippen molar-refractivity contribution in [3.05, 3.63) is 70.2 Å². The number of oxazole rings is 1. The molecule has 0 aliphatic rings. The molecule has 0 aliphatic carbocycles. The van der Waals surface area contributed by atoms with Crippen molar-refractivity contribution in [1.29, 1.82) is 0 Å². The molecule has 7 nitrogen and oxygen atoms in total. The number of esters is 1. The number of fused-ring (bicyclic) bond motifs is 1. The number of benzene rings is 2. The van der Waals surface area contributed by atoms with E-state index < -0.39 is 11.7 Å². The quantitative estimate of drug-likeness (QED) is 0.624. The standard InChI is InChI=1S/C20H20N2O5/c1-21(13-14-7-9-15(10-8-14)19(24)26-2)18(23)11-12-22-16-5-3-4-6-17(16)27-20(22)25/h3-10H,11-13H2,1-2H3. The Morgan fingerprint density at radius 1 is 1.11 bits per heavy atom. The third-order valence-corrected chi connectivity index (χ3v) is 4.34. The first-order chi connectivity index (χ1) is 13.0. The van der Waals surface area contributed by atoms with Crippen LogP contribution in [0.2, 0.25) is 0 Å². The van der Waals surface area contributed by atoms with Crippen LogP contribution in [0, 0.1) is 0 Å². The normalized spacial score (nSPS) is 10.7. The number of rotatable bonds is 6. The van der Waals surface area contributed by atoms with Gasteiger partial charge in [0.15, 0.2) is 5.58 Å². The van der Waals surface area contributed by atoms with E-state index in [4.69, 9.17) is 4.42 Å². The minimum absolute atomic E-state index is 0.0933. The highest BCUT2D eigenvalue weighted by atomic mass is 16.5. The van der Waals surface area contributed by atoms with Crippen molar-refractivity contribution in [2.24, 2.45) is 0 Å². The van der Waals surface area contributed by atoms with Gasteiger partial charge in [-0.25, -0.2) is 9.59 Å². The van der Waals surface area contributed by atoms with Crippen LogP contribution >= 0.6 is 0 Å². The number of hydrogen-bond donors (Lipinski definition) is 0. The van der Waals surface area contributed by atoms with Gasteiger partial charge in [0.05, 0.1) is 18.2 Å². The van der Waals surface area contributed by atoms with Crippen molar-refractivity contribution < 1.29 is 18.7 Å². The van der Waals surface area contributed by atoms with Gasteiger partial charge in [0, 0.05) is 26.6 Å². The van der Waals surface area contributed by atoms with Gasteiger partial charge in [-0.2, -0.15) is 0 Å². The van der Waals surface area contributed by atoms with Gasteiger partial charge in [-0.3, -0.25) is 9.36 Å². The fourth-order valence-electron chi connectivity index (χ4n) is 2.85. The fourth-order valence-corrected chi connectivity index (χ4v) is 2.85. The number of methoxy groups -OCH3 is 1. The maximum Gasteiger partial charge on any atom is 0.419 e. The van der Waals surface area contributed by atoms with Gasteiger partial charge in [0.1, 0.15) is 0 Å². The molecule has 1 aromatic heterocycles. The van der Waals surface area contributed by atoms with Crippen LogP contribution in [0.3, 0.4) is 0 Å². The Morgan fingerprint density at radius 2 is 1.81 bits per heavy atom. The predicted molar refractivity (Wildman–Crippen MR) is 99.3 cm³/mol. The molecule has 140 valence electrons. The maximum atomic E-state index is 12.4. The first-order valence-electron chi connectivity index (χ1n) is 8.49.